The first-order valence-corrected chi connectivity index (χ1v) is 10.4. The largest absolute Gasteiger partial charge is 0.354 e. The molecule has 1 aromatic carbocycles. The first-order chi connectivity index (χ1) is 14.2. The maximum Gasteiger partial charge on any atom is 0.222 e. The third-order valence-corrected chi connectivity index (χ3v) is 6.32. The summed E-state index contributed by atoms with van der Waals surface area (Å²) in [4.78, 5) is 30.4. The smallest absolute Gasteiger partial charge is 0.222 e. The predicted octanol–water partition coefficient (Wildman–Crippen LogP) is 2.28. The summed E-state index contributed by atoms with van der Waals surface area (Å²) in [6.07, 6.45) is 5.93. The summed E-state index contributed by atoms with van der Waals surface area (Å²) in [5, 5.41) is 0. The van der Waals surface area contributed by atoms with E-state index in [0.717, 1.165) is 56.0 Å². The second-order valence-corrected chi connectivity index (χ2v) is 8.29. The van der Waals surface area contributed by atoms with Crippen LogP contribution in [-0.4, -0.2) is 56.5 Å². The normalized spacial score (nSPS) is 21.1. The van der Waals surface area contributed by atoms with E-state index in [-0.39, 0.29) is 0 Å². The highest BCUT2D eigenvalue weighted by Gasteiger charge is 2.42. The van der Waals surface area contributed by atoms with Crippen molar-refractivity contribution in [2.45, 2.75) is 19.3 Å². The second kappa shape index (κ2) is 7.46. The van der Waals surface area contributed by atoms with Crippen LogP contribution in [0.3, 0.4) is 0 Å². The summed E-state index contributed by atoms with van der Waals surface area (Å²) in [6, 6.07) is 10.4. The number of carbonyl (C=O) groups is 1. The highest BCUT2D eigenvalue weighted by molar-refractivity contribution is 5.83. The molecule has 150 valence electrons. The molecule has 2 atom stereocenters. The number of hydrogen-bond donors (Lipinski definition) is 0. The lowest BCUT2D eigenvalue weighted by atomic mass is 10.0. The highest BCUT2D eigenvalue weighted by Crippen LogP contribution is 2.35. The minimum atomic E-state index is 0.302. The molecule has 2 saturated heterocycles. The van der Waals surface area contributed by atoms with Crippen molar-refractivity contribution in [1.29, 1.82) is 0 Å². The highest BCUT2D eigenvalue weighted by atomic mass is 16.2. The van der Waals surface area contributed by atoms with Crippen molar-refractivity contribution in [2.24, 2.45) is 18.9 Å². The molecule has 4 heterocycles. The van der Waals surface area contributed by atoms with Crippen LogP contribution in [0, 0.1) is 11.8 Å². The Morgan fingerprint density at radius 1 is 1.03 bits per heavy atom. The summed E-state index contributed by atoms with van der Waals surface area (Å²) in [6.45, 7) is 3.59. The molecular weight excluding hydrogens is 364 g/mol. The Morgan fingerprint density at radius 2 is 1.79 bits per heavy atom. The summed E-state index contributed by atoms with van der Waals surface area (Å²) in [5.74, 6) is 2.25. The molecule has 29 heavy (non-hydrogen) atoms. The van der Waals surface area contributed by atoms with Gasteiger partial charge in [-0.15, -0.1) is 0 Å². The van der Waals surface area contributed by atoms with Gasteiger partial charge in [-0.2, -0.15) is 0 Å². The first-order valence-electron chi connectivity index (χ1n) is 10.4. The lowest BCUT2D eigenvalue weighted by Gasteiger charge is -2.22. The predicted molar refractivity (Wildman–Crippen MR) is 111 cm³/mol. The van der Waals surface area contributed by atoms with E-state index < -0.39 is 0 Å². The number of aryl methyl sites for hydroxylation is 2. The molecule has 3 aromatic rings. The average Bonchev–Trinajstić information content (AvgIpc) is 3.42. The third kappa shape index (κ3) is 3.45. The Balaban J connectivity index is 1.17. The van der Waals surface area contributed by atoms with Gasteiger partial charge in [-0.05, 0) is 18.4 Å². The Kier molecular flexibility index (Phi) is 4.66. The van der Waals surface area contributed by atoms with Crippen molar-refractivity contribution in [1.82, 2.24) is 24.4 Å². The fraction of sp³-hybridized carbons (Fsp3) is 0.455. The second-order valence-electron chi connectivity index (χ2n) is 8.29. The number of anilines is 1. The van der Waals surface area contributed by atoms with Crippen LogP contribution in [0.1, 0.15) is 18.4 Å². The monoisotopic (exact) mass is 390 g/mol. The minimum absolute atomic E-state index is 0.302. The van der Waals surface area contributed by atoms with Gasteiger partial charge in [0.15, 0.2) is 17.0 Å². The van der Waals surface area contributed by atoms with E-state index in [4.69, 9.17) is 0 Å². The molecule has 0 N–H and O–H groups in total. The van der Waals surface area contributed by atoms with Crippen LogP contribution in [0.4, 0.5) is 5.82 Å². The summed E-state index contributed by atoms with van der Waals surface area (Å²) < 4.78 is 1.92. The fourth-order valence-corrected chi connectivity index (χ4v) is 4.78. The van der Waals surface area contributed by atoms with Crippen LogP contribution in [0.25, 0.3) is 11.2 Å². The quantitative estimate of drug-likeness (QED) is 0.669. The lowest BCUT2D eigenvalue weighted by Crippen LogP contribution is -2.33. The number of likely N-dealkylation sites (tertiary alicyclic amines) is 1. The average molecular weight is 390 g/mol. The number of hydrogen-bond acceptors (Lipinski definition) is 5. The number of aromatic nitrogens is 4. The van der Waals surface area contributed by atoms with Gasteiger partial charge in [0, 0.05) is 51.5 Å². The fourth-order valence-electron chi connectivity index (χ4n) is 4.78. The molecule has 1 amide bonds. The molecule has 0 spiro atoms. The topological polar surface area (TPSA) is 67.2 Å². The molecule has 0 bridgehead atoms. The molecule has 2 aromatic heterocycles. The van der Waals surface area contributed by atoms with E-state index in [0.29, 0.717) is 24.2 Å². The molecule has 2 aliphatic rings. The standard InChI is InChI=1S/C22H26N6O/c1-26-15-25-20-21(26)23-14-24-22(20)28-12-17-10-27(11-18(17)13-28)19(29)9-5-8-16-6-3-2-4-7-16/h2-4,6-7,14-15,17-18H,5,8-13H2,1H3. The zero-order valence-corrected chi connectivity index (χ0v) is 16.7. The van der Waals surface area contributed by atoms with Crippen LogP contribution in [0.5, 0.6) is 0 Å². The zero-order valence-electron chi connectivity index (χ0n) is 16.7. The molecule has 0 radical (unpaired) electrons. The number of rotatable bonds is 5. The van der Waals surface area contributed by atoms with Crippen LogP contribution >= 0.6 is 0 Å². The summed E-state index contributed by atoms with van der Waals surface area (Å²) >= 11 is 0. The number of imidazole rings is 1. The van der Waals surface area contributed by atoms with Gasteiger partial charge in [-0.1, -0.05) is 30.3 Å². The molecular formula is C22H26N6O. The van der Waals surface area contributed by atoms with Crippen molar-refractivity contribution in [3.05, 3.63) is 48.5 Å². The Bertz CT molecular complexity index is 1000. The van der Waals surface area contributed by atoms with Crippen LogP contribution < -0.4 is 4.90 Å². The molecule has 7 nitrogen and oxygen atoms in total. The maximum atomic E-state index is 12.7. The van der Waals surface area contributed by atoms with Crippen LogP contribution in [-0.2, 0) is 18.3 Å². The molecule has 0 saturated carbocycles. The molecule has 7 heteroatoms. The van der Waals surface area contributed by atoms with E-state index in [2.05, 4.69) is 49.0 Å². The summed E-state index contributed by atoms with van der Waals surface area (Å²) in [5.41, 5.74) is 3.03. The molecule has 2 unspecified atom stereocenters. The van der Waals surface area contributed by atoms with Crippen LogP contribution in [0.15, 0.2) is 43.0 Å². The Hall–Kier alpha value is -2.96. The van der Waals surface area contributed by atoms with Gasteiger partial charge in [0.1, 0.15) is 6.33 Å². The van der Waals surface area contributed by atoms with Gasteiger partial charge in [-0.25, -0.2) is 15.0 Å². The maximum absolute atomic E-state index is 12.7. The van der Waals surface area contributed by atoms with E-state index >= 15 is 0 Å². The number of benzene rings is 1. The van der Waals surface area contributed by atoms with Crippen LogP contribution in [0.2, 0.25) is 0 Å². The van der Waals surface area contributed by atoms with Crippen molar-refractivity contribution in [3.63, 3.8) is 0 Å². The number of nitrogens with zero attached hydrogens (tertiary/aromatic N) is 6. The number of carbonyl (C=O) groups excluding carboxylic acids is 1. The van der Waals surface area contributed by atoms with E-state index in [1.807, 2.05) is 17.7 Å². The molecule has 0 aliphatic carbocycles. The third-order valence-electron chi connectivity index (χ3n) is 6.32. The van der Waals surface area contributed by atoms with Crippen molar-refractivity contribution < 1.29 is 4.79 Å². The summed E-state index contributed by atoms with van der Waals surface area (Å²) in [7, 11) is 1.95. The van der Waals surface area contributed by atoms with Gasteiger partial charge in [0.2, 0.25) is 5.91 Å². The molecule has 2 fully saturated rings. The first kappa shape index (κ1) is 18.1. The van der Waals surface area contributed by atoms with Crippen molar-refractivity contribution >= 4 is 22.9 Å². The SMILES string of the molecule is Cn1cnc2c(N3CC4CN(C(=O)CCCc5ccccc5)CC4C3)ncnc21. The van der Waals surface area contributed by atoms with Gasteiger partial charge >= 0.3 is 0 Å². The number of amides is 1. The molecule has 2 aliphatic heterocycles. The van der Waals surface area contributed by atoms with Gasteiger partial charge in [0.05, 0.1) is 6.33 Å². The van der Waals surface area contributed by atoms with Gasteiger partial charge < -0.3 is 14.4 Å². The van der Waals surface area contributed by atoms with Crippen molar-refractivity contribution in [3.8, 4) is 0 Å². The number of fused-ring (bicyclic) bond motifs is 2. The minimum Gasteiger partial charge on any atom is -0.354 e. The Morgan fingerprint density at radius 3 is 2.55 bits per heavy atom. The zero-order chi connectivity index (χ0) is 19.8. The van der Waals surface area contributed by atoms with E-state index in [1.54, 1.807) is 12.7 Å². The Labute approximate surface area is 170 Å². The van der Waals surface area contributed by atoms with Crippen molar-refractivity contribution in [2.75, 3.05) is 31.1 Å². The van der Waals surface area contributed by atoms with E-state index in [1.165, 1.54) is 5.56 Å². The van der Waals surface area contributed by atoms with E-state index in [9.17, 15) is 4.79 Å². The molecule has 5 rings (SSSR count). The lowest BCUT2D eigenvalue weighted by molar-refractivity contribution is -0.130. The van der Waals surface area contributed by atoms with Gasteiger partial charge in [0.25, 0.3) is 0 Å². The van der Waals surface area contributed by atoms with Gasteiger partial charge in [-0.3, -0.25) is 4.79 Å².